The lowest BCUT2D eigenvalue weighted by molar-refractivity contribution is 0.668. The van der Waals surface area contributed by atoms with Crippen LogP contribution in [-0.4, -0.2) is 19.5 Å². The third-order valence-electron chi connectivity index (χ3n) is 13.4. The lowest BCUT2D eigenvalue weighted by Gasteiger charge is -2.14. The quantitative estimate of drug-likeness (QED) is 0.164. The van der Waals surface area contributed by atoms with Crippen molar-refractivity contribution < 1.29 is 8.83 Å². The molecule has 0 aliphatic heterocycles. The molecule has 0 saturated heterocycles. The Labute approximate surface area is 412 Å². The Hall–Kier alpha value is -8.91. The van der Waals surface area contributed by atoms with Crippen LogP contribution in [0.15, 0.2) is 216 Å². The zero-order valence-electron chi connectivity index (χ0n) is 39.1. The summed E-state index contributed by atoms with van der Waals surface area (Å²) in [5, 5.41) is 13.8. The topological polar surface area (TPSA) is 69.9 Å². The number of para-hydroxylation sites is 3. The molecule has 0 aliphatic rings. The minimum atomic E-state index is 0.516. The van der Waals surface area contributed by atoms with Crippen molar-refractivity contribution in [2.45, 2.75) is 20.3 Å². The normalized spacial score (nSPS) is 11.7. The molecule has 0 bridgehead atoms. The summed E-state index contributed by atoms with van der Waals surface area (Å²) in [5.74, 6) is 1.59. The van der Waals surface area contributed by atoms with E-state index in [0.717, 1.165) is 98.7 Å². The maximum Gasteiger partial charge on any atom is 0.238 e. The van der Waals surface area contributed by atoms with Crippen molar-refractivity contribution in [1.29, 1.82) is 0 Å². The van der Waals surface area contributed by atoms with Gasteiger partial charge >= 0.3 is 0 Å². The Balaban J connectivity index is 0.000000951. The van der Waals surface area contributed by atoms with E-state index in [-0.39, 0.29) is 0 Å². The van der Waals surface area contributed by atoms with Crippen molar-refractivity contribution >= 4 is 119 Å². The van der Waals surface area contributed by atoms with Crippen LogP contribution in [0, 0.1) is 0 Å². The van der Waals surface area contributed by atoms with E-state index in [9.17, 15) is 0 Å². The van der Waals surface area contributed by atoms with E-state index in [1.54, 1.807) is 0 Å². The molecule has 0 spiro atoms. The van der Waals surface area contributed by atoms with Gasteiger partial charge in [0, 0.05) is 74.6 Å². The van der Waals surface area contributed by atoms with Crippen molar-refractivity contribution in [3.8, 4) is 39.9 Å². The number of fused-ring (bicyclic) bond motifs is 16. The lowest BCUT2D eigenvalue weighted by Crippen LogP contribution is -2.07. The van der Waals surface area contributed by atoms with Crippen LogP contribution in [0.2, 0.25) is 0 Å². The molecule has 10 aromatic carbocycles. The van der Waals surface area contributed by atoms with Crippen LogP contribution < -0.4 is 0 Å². The summed E-state index contributed by atoms with van der Waals surface area (Å²) in [6.07, 6.45) is 1.25. The van der Waals surface area contributed by atoms with Gasteiger partial charge in [-0.05, 0) is 70.3 Å². The van der Waals surface area contributed by atoms with Gasteiger partial charge in [-0.3, -0.25) is 4.57 Å². The zero-order valence-corrected chi connectivity index (χ0v) is 39.9. The summed E-state index contributed by atoms with van der Waals surface area (Å²) in [7, 11) is 0. The Morgan fingerprint density at radius 1 is 0.408 bits per heavy atom. The van der Waals surface area contributed by atoms with Gasteiger partial charge in [0.05, 0.1) is 11.0 Å². The monoisotopic (exact) mass is 932 g/mol. The number of thiophene rings is 1. The van der Waals surface area contributed by atoms with Gasteiger partial charge in [-0.1, -0.05) is 166 Å². The predicted molar refractivity (Wildman–Crippen MR) is 300 cm³/mol. The van der Waals surface area contributed by atoms with Crippen molar-refractivity contribution in [3.63, 3.8) is 0 Å². The van der Waals surface area contributed by atoms with Crippen molar-refractivity contribution in [3.05, 3.63) is 207 Å². The summed E-state index contributed by atoms with van der Waals surface area (Å²) < 4.78 is 17.6. The van der Waals surface area contributed by atoms with E-state index >= 15 is 0 Å². The first kappa shape index (κ1) is 42.2. The van der Waals surface area contributed by atoms with Gasteiger partial charge in [0.15, 0.2) is 11.6 Å². The summed E-state index contributed by atoms with van der Waals surface area (Å²) in [4.78, 5) is 16.2. The van der Waals surface area contributed by atoms with Crippen molar-refractivity contribution in [1.82, 2.24) is 19.5 Å². The molecule has 0 aliphatic carbocycles. The van der Waals surface area contributed by atoms with E-state index in [2.05, 4.69) is 189 Å². The third-order valence-corrected chi connectivity index (χ3v) is 14.6. The maximum atomic E-state index is 6.42. The standard InChI is InChI=1S/C59H32N4O2S.C3H8.C2H4/c1-3-12-38-33(10-1)24-29-52-54(38)47-28-21-35(32-53(47)66-52)40-16-9-17-45-46-27-20-34-11-2-4-13-39(34)55(46)63(56(40)45)59-61-57(36-22-25-43-41-14-5-7-18-48(41)64-50(43)30-36)60-58(62-59)37-23-26-44-42-15-6-8-19-49(42)65-51(44)31-37;1-3-2;1-2/h1-32H;3H2,1-2H3;1-2H2. The molecule has 338 valence electrons. The fourth-order valence-electron chi connectivity index (χ4n) is 10.4. The highest BCUT2D eigenvalue weighted by Gasteiger charge is 2.23. The Morgan fingerprint density at radius 2 is 0.901 bits per heavy atom. The lowest BCUT2D eigenvalue weighted by atomic mass is 9.99. The largest absolute Gasteiger partial charge is 0.456 e. The molecule has 71 heavy (non-hydrogen) atoms. The highest BCUT2D eigenvalue weighted by atomic mass is 32.1. The highest BCUT2D eigenvalue weighted by Crippen LogP contribution is 2.44. The zero-order chi connectivity index (χ0) is 47.7. The minimum absolute atomic E-state index is 0.516. The Bertz CT molecular complexity index is 4460. The fraction of sp³-hybridized carbons (Fsp3) is 0.0469. The first-order chi connectivity index (χ1) is 35.1. The second kappa shape index (κ2) is 16.9. The second-order valence-electron chi connectivity index (χ2n) is 17.8. The van der Waals surface area contributed by atoms with Gasteiger partial charge in [0.2, 0.25) is 5.95 Å². The van der Waals surface area contributed by atoms with Crippen LogP contribution in [0.4, 0.5) is 0 Å². The number of hydrogen-bond donors (Lipinski definition) is 0. The van der Waals surface area contributed by atoms with E-state index in [4.69, 9.17) is 23.8 Å². The van der Waals surface area contributed by atoms with Crippen LogP contribution in [0.25, 0.3) is 147 Å². The SMILES string of the molecule is C=C.CCC.c1ccc2c(c1)ccc1sc3cc(-c4cccc5c6ccc7ccccc7c6n(-c6nc(-c7ccc8c(c7)oc7ccccc78)nc(-c7ccc8c(c7)oc7ccccc78)n6)c45)ccc3c12. The highest BCUT2D eigenvalue weighted by molar-refractivity contribution is 7.26. The summed E-state index contributed by atoms with van der Waals surface area (Å²) in [6, 6.07) is 68.6. The van der Waals surface area contributed by atoms with E-state index < -0.39 is 0 Å². The minimum Gasteiger partial charge on any atom is -0.456 e. The fourth-order valence-corrected chi connectivity index (χ4v) is 11.6. The molecule has 6 nitrogen and oxygen atoms in total. The number of furan rings is 2. The third kappa shape index (κ3) is 6.73. The first-order valence-electron chi connectivity index (χ1n) is 24.0. The predicted octanol–water partition coefficient (Wildman–Crippen LogP) is 18.7. The molecule has 15 aromatic rings. The van der Waals surface area contributed by atoms with Crippen LogP contribution >= 0.6 is 11.3 Å². The molecule has 0 N–H and O–H groups in total. The Kier molecular flexibility index (Phi) is 10.1. The molecule has 0 fully saturated rings. The summed E-state index contributed by atoms with van der Waals surface area (Å²) in [5.41, 5.74) is 9.15. The van der Waals surface area contributed by atoms with E-state index in [1.807, 2.05) is 47.7 Å². The summed E-state index contributed by atoms with van der Waals surface area (Å²) >= 11 is 1.85. The smallest absolute Gasteiger partial charge is 0.238 e. The molecular weight excluding hydrogens is 889 g/mol. The Morgan fingerprint density at radius 3 is 1.56 bits per heavy atom. The average molecular weight is 933 g/mol. The van der Waals surface area contributed by atoms with Crippen LogP contribution in [0.3, 0.4) is 0 Å². The van der Waals surface area contributed by atoms with Crippen LogP contribution in [0.5, 0.6) is 0 Å². The molecule has 7 heteroatoms. The molecule has 0 unspecified atom stereocenters. The average Bonchev–Trinajstić information content (AvgIpc) is 4.20. The molecule has 5 aromatic heterocycles. The van der Waals surface area contributed by atoms with Gasteiger partial charge < -0.3 is 8.83 Å². The van der Waals surface area contributed by atoms with E-state index in [1.165, 1.54) is 37.4 Å². The van der Waals surface area contributed by atoms with Crippen LogP contribution in [0.1, 0.15) is 20.3 Å². The molecule has 0 amide bonds. The molecule has 15 rings (SSSR count). The molecule has 0 atom stereocenters. The number of hydrogen-bond acceptors (Lipinski definition) is 6. The van der Waals surface area contributed by atoms with Gasteiger partial charge in [-0.15, -0.1) is 24.5 Å². The van der Waals surface area contributed by atoms with Gasteiger partial charge in [-0.2, -0.15) is 9.97 Å². The number of rotatable bonds is 4. The first-order valence-corrected chi connectivity index (χ1v) is 24.8. The second-order valence-corrected chi connectivity index (χ2v) is 18.9. The molecule has 0 saturated carbocycles. The van der Waals surface area contributed by atoms with Crippen LogP contribution in [-0.2, 0) is 0 Å². The van der Waals surface area contributed by atoms with Gasteiger partial charge in [-0.25, -0.2) is 4.98 Å². The molecular formula is C64H44N4O2S. The number of aromatic nitrogens is 4. The van der Waals surface area contributed by atoms with Crippen molar-refractivity contribution in [2.75, 3.05) is 0 Å². The van der Waals surface area contributed by atoms with Gasteiger partial charge in [0.25, 0.3) is 0 Å². The molecule has 5 heterocycles. The van der Waals surface area contributed by atoms with E-state index in [0.29, 0.717) is 17.6 Å². The van der Waals surface area contributed by atoms with Gasteiger partial charge in [0.1, 0.15) is 22.3 Å². The molecule has 0 radical (unpaired) electrons. The maximum absolute atomic E-state index is 6.42. The number of benzene rings is 10. The van der Waals surface area contributed by atoms with Crippen molar-refractivity contribution in [2.24, 2.45) is 0 Å². The number of nitrogens with zero attached hydrogens (tertiary/aromatic N) is 4. The summed E-state index contributed by atoms with van der Waals surface area (Å²) in [6.45, 7) is 10.2.